The van der Waals surface area contributed by atoms with E-state index in [1.165, 1.54) is 0 Å². The minimum absolute atomic E-state index is 0.196. The van der Waals surface area contributed by atoms with Gasteiger partial charge >= 0.3 is 6.16 Å². The molecule has 1 N–H and O–H groups in total. The number of aromatic nitrogens is 2. The summed E-state index contributed by atoms with van der Waals surface area (Å²) in [5, 5.41) is 9.83. The molecule has 0 aliphatic carbocycles. The van der Waals surface area contributed by atoms with Crippen molar-refractivity contribution < 1.29 is 19.1 Å². The molecule has 142 valence electrons. The summed E-state index contributed by atoms with van der Waals surface area (Å²) in [6.07, 6.45) is 0.294. The van der Waals surface area contributed by atoms with Crippen LogP contribution in [0.4, 0.5) is 10.6 Å². The van der Waals surface area contributed by atoms with Crippen molar-refractivity contribution in [1.82, 2.24) is 9.97 Å². The van der Waals surface area contributed by atoms with Gasteiger partial charge in [-0.05, 0) is 50.2 Å². The van der Waals surface area contributed by atoms with Gasteiger partial charge in [0.15, 0.2) is 5.82 Å². The fourth-order valence-electron chi connectivity index (χ4n) is 2.99. The van der Waals surface area contributed by atoms with E-state index < -0.39 is 6.16 Å². The molecule has 0 aliphatic rings. The van der Waals surface area contributed by atoms with Crippen molar-refractivity contribution in [2.45, 2.75) is 19.9 Å². The van der Waals surface area contributed by atoms with Crippen molar-refractivity contribution in [3.8, 4) is 17.0 Å². The smallest absolute Gasteiger partial charge is 0.464 e. The number of ether oxygens (including phenoxy) is 1. The van der Waals surface area contributed by atoms with Crippen LogP contribution in [0.3, 0.4) is 0 Å². The molecule has 0 radical (unpaired) electrons. The van der Waals surface area contributed by atoms with Crippen LogP contribution in [0.2, 0.25) is 0 Å². The van der Waals surface area contributed by atoms with Crippen molar-refractivity contribution in [2.75, 3.05) is 11.9 Å². The maximum Gasteiger partial charge on any atom is 0.511 e. The lowest BCUT2D eigenvalue weighted by atomic mass is 10.1. The number of nitrogens with zero attached hydrogens (tertiary/aromatic N) is 3. The number of carbonyl (C=O) groups is 1. The Labute approximate surface area is 161 Å². The molecule has 2 aromatic heterocycles. The Kier molecular flexibility index (Phi) is 4.35. The number of fused-ring (bicyclic) bond motifs is 2. The first kappa shape index (κ1) is 17.8. The molecule has 2 heterocycles. The van der Waals surface area contributed by atoms with Gasteiger partial charge in [-0.1, -0.05) is 0 Å². The largest absolute Gasteiger partial charge is 0.511 e. The Bertz CT molecular complexity index is 1180. The number of benzene rings is 2. The summed E-state index contributed by atoms with van der Waals surface area (Å²) >= 11 is 0. The molecular formula is C21H19N3O4. The molecule has 28 heavy (non-hydrogen) atoms. The second-order valence-electron chi connectivity index (χ2n) is 6.79. The minimum Gasteiger partial charge on any atom is -0.464 e. The SMILES string of the molecule is CC(C)N(C)c1nc2cc(OC(=O)O)ccc2nc1-c1ccc2occc2c1. The zero-order chi connectivity index (χ0) is 19.8. The van der Waals surface area contributed by atoms with Gasteiger partial charge in [-0.25, -0.2) is 14.8 Å². The number of carboxylic acid groups (broad SMARTS) is 1. The molecule has 0 aliphatic heterocycles. The third-order valence-electron chi connectivity index (χ3n) is 4.66. The van der Waals surface area contributed by atoms with Crippen molar-refractivity contribution in [2.24, 2.45) is 0 Å². The fourth-order valence-corrected chi connectivity index (χ4v) is 2.99. The molecule has 0 unspecified atom stereocenters. The predicted octanol–water partition coefficient (Wildman–Crippen LogP) is 4.94. The van der Waals surface area contributed by atoms with Crippen LogP contribution in [0, 0.1) is 0 Å². The van der Waals surface area contributed by atoms with Gasteiger partial charge in [0.2, 0.25) is 0 Å². The zero-order valence-electron chi connectivity index (χ0n) is 15.7. The third kappa shape index (κ3) is 3.22. The summed E-state index contributed by atoms with van der Waals surface area (Å²) in [6, 6.07) is 12.9. The summed E-state index contributed by atoms with van der Waals surface area (Å²) in [5.41, 5.74) is 3.71. The Hall–Kier alpha value is -3.61. The van der Waals surface area contributed by atoms with E-state index in [4.69, 9.17) is 24.2 Å². The first-order chi connectivity index (χ1) is 13.4. The summed E-state index contributed by atoms with van der Waals surface area (Å²) in [4.78, 5) is 22.5. The maximum absolute atomic E-state index is 10.8. The summed E-state index contributed by atoms with van der Waals surface area (Å²) in [6.45, 7) is 4.14. The van der Waals surface area contributed by atoms with Gasteiger partial charge in [-0.2, -0.15) is 0 Å². The van der Waals surface area contributed by atoms with Crippen molar-refractivity contribution in [3.63, 3.8) is 0 Å². The monoisotopic (exact) mass is 377 g/mol. The van der Waals surface area contributed by atoms with Crippen LogP contribution in [0.5, 0.6) is 5.75 Å². The molecule has 0 amide bonds. The summed E-state index contributed by atoms with van der Waals surface area (Å²) in [5.74, 6) is 0.915. The lowest BCUT2D eigenvalue weighted by Crippen LogP contribution is -2.27. The molecule has 0 spiro atoms. The van der Waals surface area contributed by atoms with Crippen molar-refractivity contribution in [3.05, 3.63) is 48.7 Å². The molecule has 0 bridgehead atoms. The second kappa shape index (κ2) is 6.84. The molecule has 0 saturated heterocycles. The van der Waals surface area contributed by atoms with Gasteiger partial charge in [0.1, 0.15) is 17.0 Å². The molecule has 0 saturated carbocycles. The van der Waals surface area contributed by atoms with Crippen LogP contribution in [-0.4, -0.2) is 34.3 Å². The van der Waals surface area contributed by atoms with Crippen LogP contribution >= 0.6 is 0 Å². The molecule has 7 heteroatoms. The van der Waals surface area contributed by atoms with E-state index in [1.807, 2.05) is 36.2 Å². The molecule has 4 aromatic rings. The molecule has 7 nitrogen and oxygen atoms in total. The molecular weight excluding hydrogens is 358 g/mol. The summed E-state index contributed by atoms with van der Waals surface area (Å²) in [7, 11) is 1.96. The fraction of sp³-hybridized carbons (Fsp3) is 0.190. The van der Waals surface area contributed by atoms with E-state index in [9.17, 15) is 4.79 Å². The molecule has 4 rings (SSSR count). The van der Waals surface area contributed by atoms with Crippen molar-refractivity contribution in [1.29, 1.82) is 0 Å². The number of hydrogen-bond acceptors (Lipinski definition) is 6. The van der Waals surface area contributed by atoms with Gasteiger partial charge in [0.05, 0.1) is 17.3 Å². The average molecular weight is 377 g/mol. The number of furan rings is 1. The van der Waals surface area contributed by atoms with E-state index in [-0.39, 0.29) is 11.8 Å². The standard InChI is InChI=1S/C21H19N3O4/c1-12(2)24(3)20-19(14-4-7-18-13(10-14)8-9-27-18)22-16-6-5-15(28-21(25)26)11-17(16)23-20/h4-12H,1-3H3,(H,25,26). The van der Waals surface area contributed by atoms with Gasteiger partial charge in [0, 0.05) is 30.1 Å². The highest BCUT2D eigenvalue weighted by molar-refractivity contribution is 5.89. The van der Waals surface area contributed by atoms with Crippen LogP contribution in [0.1, 0.15) is 13.8 Å². The van der Waals surface area contributed by atoms with E-state index in [2.05, 4.69) is 13.8 Å². The van der Waals surface area contributed by atoms with Crippen molar-refractivity contribution >= 4 is 34.0 Å². The van der Waals surface area contributed by atoms with Gasteiger partial charge < -0.3 is 19.2 Å². The van der Waals surface area contributed by atoms with Crippen LogP contribution < -0.4 is 9.64 Å². The van der Waals surface area contributed by atoms with Gasteiger partial charge in [-0.15, -0.1) is 0 Å². The zero-order valence-corrected chi connectivity index (χ0v) is 15.7. The lowest BCUT2D eigenvalue weighted by Gasteiger charge is -2.25. The van der Waals surface area contributed by atoms with E-state index in [1.54, 1.807) is 24.5 Å². The highest BCUT2D eigenvalue weighted by atomic mass is 16.7. The van der Waals surface area contributed by atoms with Gasteiger partial charge in [0.25, 0.3) is 0 Å². The molecule has 0 fully saturated rings. The molecule has 0 atom stereocenters. The topological polar surface area (TPSA) is 88.7 Å². The normalized spacial score (nSPS) is 11.3. The quantitative estimate of drug-likeness (QED) is 0.398. The number of rotatable bonds is 4. The second-order valence-corrected chi connectivity index (χ2v) is 6.79. The number of hydrogen-bond donors (Lipinski definition) is 1. The number of anilines is 1. The summed E-state index contributed by atoms with van der Waals surface area (Å²) < 4.78 is 10.2. The Morgan fingerprint density at radius 3 is 2.68 bits per heavy atom. The Morgan fingerprint density at radius 1 is 1.11 bits per heavy atom. The van der Waals surface area contributed by atoms with Crippen LogP contribution in [0.15, 0.2) is 53.1 Å². The third-order valence-corrected chi connectivity index (χ3v) is 4.66. The highest BCUT2D eigenvalue weighted by Crippen LogP contribution is 2.33. The highest BCUT2D eigenvalue weighted by Gasteiger charge is 2.18. The van der Waals surface area contributed by atoms with Crippen LogP contribution in [-0.2, 0) is 0 Å². The molecule has 2 aromatic carbocycles. The van der Waals surface area contributed by atoms with Crippen LogP contribution in [0.25, 0.3) is 33.3 Å². The van der Waals surface area contributed by atoms with Gasteiger partial charge in [-0.3, -0.25) is 0 Å². The van der Waals surface area contributed by atoms with E-state index in [0.29, 0.717) is 16.9 Å². The Balaban J connectivity index is 1.92. The van der Waals surface area contributed by atoms with E-state index in [0.717, 1.165) is 22.2 Å². The Morgan fingerprint density at radius 2 is 1.93 bits per heavy atom. The first-order valence-corrected chi connectivity index (χ1v) is 8.85. The maximum atomic E-state index is 10.8. The lowest BCUT2D eigenvalue weighted by molar-refractivity contribution is 0.144. The average Bonchev–Trinajstić information content (AvgIpc) is 3.13. The minimum atomic E-state index is -1.36. The first-order valence-electron chi connectivity index (χ1n) is 8.85. The predicted molar refractivity (Wildman–Crippen MR) is 107 cm³/mol. The van der Waals surface area contributed by atoms with E-state index >= 15 is 0 Å².